The summed E-state index contributed by atoms with van der Waals surface area (Å²) in [5.74, 6) is 0. The summed E-state index contributed by atoms with van der Waals surface area (Å²) < 4.78 is 0. The zero-order valence-electron chi connectivity index (χ0n) is 10.5. The molecule has 2 aromatic rings. The molecule has 0 bridgehead atoms. The molecule has 0 aliphatic rings. The SMILES string of the molecule is CSc1ccccc1.CSc1ccccc1.OO. The van der Waals surface area contributed by atoms with Crippen LogP contribution in [0, 0.1) is 0 Å². The summed E-state index contributed by atoms with van der Waals surface area (Å²) in [6.07, 6.45) is 4.16. The first kappa shape index (κ1) is 17.1. The highest BCUT2D eigenvalue weighted by Gasteiger charge is 1.81. The van der Waals surface area contributed by atoms with Crippen molar-refractivity contribution in [3.63, 3.8) is 0 Å². The Hall–Kier alpha value is -0.940. The fourth-order valence-electron chi connectivity index (χ4n) is 1.11. The maximum atomic E-state index is 6.00. The van der Waals surface area contributed by atoms with Gasteiger partial charge in [0.25, 0.3) is 0 Å². The zero-order valence-corrected chi connectivity index (χ0v) is 12.1. The van der Waals surface area contributed by atoms with Crippen molar-refractivity contribution >= 4 is 23.5 Å². The highest BCUT2D eigenvalue weighted by atomic mass is 32.2. The summed E-state index contributed by atoms with van der Waals surface area (Å²) in [5.41, 5.74) is 0. The summed E-state index contributed by atoms with van der Waals surface area (Å²) in [5, 5.41) is 12.0. The second kappa shape index (κ2) is 12.5. The summed E-state index contributed by atoms with van der Waals surface area (Å²) in [6, 6.07) is 20.7. The van der Waals surface area contributed by atoms with E-state index in [1.54, 1.807) is 23.5 Å². The molecule has 18 heavy (non-hydrogen) atoms. The molecule has 0 atom stereocenters. The predicted molar refractivity (Wildman–Crippen MR) is 81.7 cm³/mol. The van der Waals surface area contributed by atoms with Crippen LogP contribution in [0.1, 0.15) is 0 Å². The lowest BCUT2D eigenvalue weighted by molar-refractivity contribution is -0.176. The third-order valence-electron chi connectivity index (χ3n) is 1.96. The van der Waals surface area contributed by atoms with Crippen LogP contribution >= 0.6 is 23.5 Å². The maximum absolute atomic E-state index is 6.00. The van der Waals surface area contributed by atoms with E-state index < -0.39 is 0 Å². The van der Waals surface area contributed by atoms with Crippen LogP contribution in [0.5, 0.6) is 0 Å². The third kappa shape index (κ3) is 8.20. The maximum Gasteiger partial charge on any atom is 0.00691 e. The lowest BCUT2D eigenvalue weighted by Gasteiger charge is -1.89. The summed E-state index contributed by atoms with van der Waals surface area (Å²) in [4.78, 5) is 2.65. The first-order valence-corrected chi connectivity index (χ1v) is 7.70. The predicted octanol–water partition coefficient (Wildman–Crippen LogP) is 4.83. The Kier molecular flexibility index (Phi) is 11.9. The van der Waals surface area contributed by atoms with Crippen LogP contribution in [-0.4, -0.2) is 23.0 Å². The first-order valence-electron chi connectivity index (χ1n) is 5.25. The van der Waals surface area contributed by atoms with Crippen molar-refractivity contribution in [3.8, 4) is 0 Å². The Morgan fingerprint density at radius 2 is 0.889 bits per heavy atom. The molecule has 2 nitrogen and oxygen atoms in total. The first-order chi connectivity index (χ1) is 8.86. The van der Waals surface area contributed by atoms with E-state index >= 15 is 0 Å². The van der Waals surface area contributed by atoms with Gasteiger partial charge in [0.05, 0.1) is 0 Å². The van der Waals surface area contributed by atoms with Gasteiger partial charge < -0.3 is 0 Å². The van der Waals surface area contributed by atoms with Gasteiger partial charge in [0.2, 0.25) is 0 Å². The molecule has 2 N–H and O–H groups in total. The zero-order chi connectivity index (χ0) is 13.6. The molecule has 0 aliphatic carbocycles. The van der Waals surface area contributed by atoms with Gasteiger partial charge in [-0.2, -0.15) is 0 Å². The number of hydrogen-bond donors (Lipinski definition) is 2. The van der Waals surface area contributed by atoms with Crippen LogP contribution in [0.15, 0.2) is 70.5 Å². The Balaban J connectivity index is 0.000000283. The molecule has 0 saturated carbocycles. The van der Waals surface area contributed by atoms with Gasteiger partial charge in [-0.1, -0.05) is 36.4 Å². The van der Waals surface area contributed by atoms with Crippen molar-refractivity contribution in [2.75, 3.05) is 12.5 Å². The van der Waals surface area contributed by atoms with Crippen LogP contribution < -0.4 is 0 Å². The standard InChI is InChI=1S/2C7H8S.H2O2/c2*1-8-7-5-3-2-4-6-7;1-2/h2*2-6H,1H3;1-2H. The van der Waals surface area contributed by atoms with Gasteiger partial charge >= 0.3 is 0 Å². The second-order valence-electron chi connectivity index (χ2n) is 3.03. The monoisotopic (exact) mass is 282 g/mol. The van der Waals surface area contributed by atoms with Crippen molar-refractivity contribution in [1.82, 2.24) is 0 Å². The number of hydrogen-bond acceptors (Lipinski definition) is 4. The Labute approximate surface area is 117 Å². The molecule has 0 amide bonds. The minimum absolute atomic E-state index is 1.33. The van der Waals surface area contributed by atoms with Gasteiger partial charge in [0, 0.05) is 9.79 Å². The molecule has 2 rings (SSSR count). The van der Waals surface area contributed by atoms with E-state index in [2.05, 4.69) is 36.8 Å². The molecule has 0 aliphatic heterocycles. The average molecular weight is 282 g/mol. The van der Waals surface area contributed by atoms with E-state index in [0.717, 1.165) is 0 Å². The van der Waals surface area contributed by atoms with Crippen molar-refractivity contribution in [3.05, 3.63) is 60.7 Å². The molecule has 98 valence electrons. The normalized spacial score (nSPS) is 8.44. The third-order valence-corrected chi connectivity index (χ3v) is 3.44. The van der Waals surface area contributed by atoms with Crippen LogP contribution in [-0.2, 0) is 0 Å². The Bertz CT molecular complexity index is 340. The van der Waals surface area contributed by atoms with E-state index in [1.165, 1.54) is 9.79 Å². The molecule has 0 aromatic heterocycles. The topological polar surface area (TPSA) is 40.5 Å². The lowest BCUT2D eigenvalue weighted by atomic mass is 10.4. The van der Waals surface area contributed by atoms with Gasteiger partial charge in [-0.05, 0) is 36.8 Å². The molecule has 0 heterocycles. The molecular weight excluding hydrogens is 264 g/mol. The van der Waals surface area contributed by atoms with E-state index in [9.17, 15) is 0 Å². The smallest absolute Gasteiger partial charge is 0.00691 e. The van der Waals surface area contributed by atoms with E-state index in [4.69, 9.17) is 10.5 Å². The van der Waals surface area contributed by atoms with Crippen LogP contribution in [0.2, 0.25) is 0 Å². The van der Waals surface area contributed by atoms with Crippen LogP contribution in [0.25, 0.3) is 0 Å². The molecule has 0 saturated heterocycles. The van der Waals surface area contributed by atoms with E-state index in [1.807, 2.05) is 36.4 Å². The molecule has 0 unspecified atom stereocenters. The Morgan fingerprint density at radius 1 is 0.611 bits per heavy atom. The van der Waals surface area contributed by atoms with Gasteiger partial charge in [0.15, 0.2) is 0 Å². The number of thioether (sulfide) groups is 2. The van der Waals surface area contributed by atoms with Crippen molar-refractivity contribution in [2.45, 2.75) is 9.79 Å². The average Bonchev–Trinajstić information content (AvgIpc) is 2.51. The van der Waals surface area contributed by atoms with E-state index in [-0.39, 0.29) is 0 Å². The van der Waals surface area contributed by atoms with Gasteiger partial charge in [0.1, 0.15) is 0 Å². The quantitative estimate of drug-likeness (QED) is 0.470. The summed E-state index contributed by atoms with van der Waals surface area (Å²) in [7, 11) is 0. The van der Waals surface area contributed by atoms with Crippen molar-refractivity contribution < 1.29 is 10.5 Å². The molecule has 4 heteroatoms. The molecule has 0 spiro atoms. The number of benzene rings is 2. The van der Waals surface area contributed by atoms with Crippen LogP contribution in [0.3, 0.4) is 0 Å². The summed E-state index contributed by atoms with van der Waals surface area (Å²) >= 11 is 3.54. The lowest BCUT2D eigenvalue weighted by Crippen LogP contribution is -1.62. The van der Waals surface area contributed by atoms with Crippen LogP contribution in [0.4, 0.5) is 0 Å². The fourth-order valence-corrected chi connectivity index (χ4v) is 1.97. The largest absolute Gasteiger partial charge is 0.255 e. The minimum Gasteiger partial charge on any atom is -0.255 e. The highest BCUT2D eigenvalue weighted by Crippen LogP contribution is 2.12. The molecule has 0 fully saturated rings. The van der Waals surface area contributed by atoms with Gasteiger partial charge in [-0.3, -0.25) is 10.5 Å². The van der Waals surface area contributed by atoms with Gasteiger partial charge in [-0.25, -0.2) is 0 Å². The summed E-state index contributed by atoms with van der Waals surface area (Å²) in [6.45, 7) is 0. The molecule has 2 aromatic carbocycles. The minimum atomic E-state index is 1.33. The highest BCUT2D eigenvalue weighted by molar-refractivity contribution is 7.98. The van der Waals surface area contributed by atoms with E-state index in [0.29, 0.717) is 0 Å². The van der Waals surface area contributed by atoms with Gasteiger partial charge in [-0.15, -0.1) is 23.5 Å². The Morgan fingerprint density at radius 3 is 1.06 bits per heavy atom. The second-order valence-corrected chi connectivity index (χ2v) is 4.79. The van der Waals surface area contributed by atoms with Crippen molar-refractivity contribution in [1.29, 1.82) is 0 Å². The molecular formula is C14H18O2S2. The molecule has 0 radical (unpaired) electrons. The number of rotatable bonds is 2. The fraction of sp³-hybridized carbons (Fsp3) is 0.143. The van der Waals surface area contributed by atoms with Crippen molar-refractivity contribution in [2.24, 2.45) is 0 Å².